The van der Waals surface area contributed by atoms with E-state index in [1.165, 1.54) is 6.26 Å². The fraction of sp³-hybridized carbons (Fsp3) is 0.214. The van der Waals surface area contributed by atoms with Crippen molar-refractivity contribution in [3.63, 3.8) is 0 Å². The van der Waals surface area contributed by atoms with E-state index >= 15 is 0 Å². The van der Waals surface area contributed by atoms with E-state index < -0.39 is 0 Å². The predicted molar refractivity (Wildman–Crippen MR) is 67.5 cm³/mol. The molecule has 0 bridgehead atoms. The quantitative estimate of drug-likeness (QED) is 0.779. The van der Waals surface area contributed by atoms with Crippen LogP contribution in [0.5, 0.6) is 5.75 Å². The Hall–Kier alpha value is -1.74. The minimum absolute atomic E-state index is 0.118. The molecule has 0 fully saturated rings. The predicted octanol–water partition coefficient (Wildman–Crippen LogP) is 3.41. The molecule has 18 heavy (non-hydrogen) atoms. The van der Waals surface area contributed by atoms with Gasteiger partial charge < -0.3 is 9.15 Å². The Morgan fingerprint density at radius 2 is 2.17 bits per heavy atom. The molecule has 1 aromatic carbocycles. The smallest absolute Gasteiger partial charge is 0.200 e. The van der Waals surface area contributed by atoms with Gasteiger partial charge in [-0.25, -0.2) is 0 Å². The van der Waals surface area contributed by atoms with Gasteiger partial charge in [0.1, 0.15) is 17.8 Å². The number of hydrogen-bond donors (Lipinski definition) is 0. The zero-order chi connectivity index (χ0) is 12.7. The Bertz CT molecular complexity index is 628. The van der Waals surface area contributed by atoms with Crippen molar-refractivity contribution in [2.45, 2.75) is 13.3 Å². The number of rotatable bonds is 2. The van der Waals surface area contributed by atoms with Crippen molar-refractivity contribution in [2.24, 2.45) is 0 Å². The lowest BCUT2D eigenvalue weighted by Crippen LogP contribution is -2.02. The summed E-state index contributed by atoms with van der Waals surface area (Å²) in [6.45, 7) is 2.40. The molecule has 0 saturated carbocycles. The van der Waals surface area contributed by atoms with Gasteiger partial charge in [-0.3, -0.25) is 4.79 Å². The maximum Gasteiger partial charge on any atom is 0.200 e. The number of furan rings is 1. The summed E-state index contributed by atoms with van der Waals surface area (Å²) in [6, 6.07) is 5.21. The molecule has 3 nitrogen and oxygen atoms in total. The van der Waals surface area contributed by atoms with Gasteiger partial charge in [0.15, 0.2) is 5.78 Å². The van der Waals surface area contributed by atoms with Gasteiger partial charge in [-0.05, 0) is 30.7 Å². The standard InChI is InChI=1S/C14H11ClO3/c1-8-4-10(7-18-8)13(16)12-6-11(15)5-9-2-3-17-14(9)12/h4-7H,2-3H2,1H3. The molecule has 2 heterocycles. The van der Waals surface area contributed by atoms with Crippen LogP contribution in [0.25, 0.3) is 0 Å². The van der Waals surface area contributed by atoms with E-state index in [0.717, 1.165) is 12.0 Å². The average Bonchev–Trinajstić information content (AvgIpc) is 2.95. The van der Waals surface area contributed by atoms with Crippen molar-refractivity contribution >= 4 is 17.4 Å². The molecular formula is C14H11ClO3. The molecule has 92 valence electrons. The summed E-state index contributed by atoms with van der Waals surface area (Å²) in [5.74, 6) is 1.24. The molecule has 3 rings (SSSR count). The Kier molecular flexibility index (Phi) is 2.63. The maximum atomic E-state index is 12.4. The summed E-state index contributed by atoms with van der Waals surface area (Å²) in [5, 5.41) is 0.558. The largest absolute Gasteiger partial charge is 0.492 e. The van der Waals surface area contributed by atoms with E-state index in [9.17, 15) is 4.79 Å². The second-order valence-electron chi connectivity index (χ2n) is 4.32. The van der Waals surface area contributed by atoms with Gasteiger partial charge >= 0.3 is 0 Å². The fourth-order valence-electron chi connectivity index (χ4n) is 2.16. The van der Waals surface area contributed by atoms with Crippen LogP contribution >= 0.6 is 11.6 Å². The molecular weight excluding hydrogens is 252 g/mol. The van der Waals surface area contributed by atoms with E-state index in [4.69, 9.17) is 20.8 Å². The van der Waals surface area contributed by atoms with Crippen LogP contribution in [0.3, 0.4) is 0 Å². The first kappa shape index (κ1) is 11.4. The van der Waals surface area contributed by atoms with Crippen LogP contribution in [-0.4, -0.2) is 12.4 Å². The number of benzene rings is 1. The normalized spacial score (nSPS) is 13.2. The molecule has 4 heteroatoms. The lowest BCUT2D eigenvalue weighted by Gasteiger charge is -2.06. The first-order valence-electron chi connectivity index (χ1n) is 5.70. The van der Waals surface area contributed by atoms with E-state index in [-0.39, 0.29) is 5.78 Å². The lowest BCUT2D eigenvalue weighted by atomic mass is 10.0. The maximum absolute atomic E-state index is 12.4. The first-order valence-corrected chi connectivity index (χ1v) is 6.08. The van der Waals surface area contributed by atoms with Gasteiger partial charge in [0.2, 0.25) is 0 Å². The fourth-order valence-corrected chi connectivity index (χ4v) is 2.40. The lowest BCUT2D eigenvalue weighted by molar-refractivity contribution is 0.103. The van der Waals surface area contributed by atoms with E-state index in [0.29, 0.717) is 34.3 Å². The van der Waals surface area contributed by atoms with Gasteiger partial charge in [-0.2, -0.15) is 0 Å². The number of aryl methyl sites for hydroxylation is 1. The Morgan fingerprint density at radius 3 is 2.89 bits per heavy atom. The van der Waals surface area contributed by atoms with Crippen LogP contribution in [0.15, 0.2) is 28.9 Å². The summed E-state index contributed by atoms with van der Waals surface area (Å²) < 4.78 is 10.7. The summed E-state index contributed by atoms with van der Waals surface area (Å²) in [6.07, 6.45) is 2.25. The van der Waals surface area contributed by atoms with Gasteiger partial charge in [0.05, 0.1) is 17.7 Å². The van der Waals surface area contributed by atoms with Crippen LogP contribution in [0.2, 0.25) is 5.02 Å². The van der Waals surface area contributed by atoms with Crippen molar-refractivity contribution < 1.29 is 13.9 Å². The van der Waals surface area contributed by atoms with Gasteiger partial charge in [-0.1, -0.05) is 11.6 Å². The Balaban J connectivity index is 2.10. The molecule has 0 atom stereocenters. The summed E-state index contributed by atoms with van der Waals surface area (Å²) in [7, 11) is 0. The molecule has 0 radical (unpaired) electrons. The summed E-state index contributed by atoms with van der Waals surface area (Å²) in [4.78, 5) is 12.4. The average molecular weight is 263 g/mol. The molecule has 0 aliphatic carbocycles. The highest BCUT2D eigenvalue weighted by Crippen LogP contribution is 2.34. The summed E-state index contributed by atoms with van der Waals surface area (Å²) >= 11 is 6.03. The highest BCUT2D eigenvalue weighted by atomic mass is 35.5. The number of ketones is 1. The molecule has 1 aromatic heterocycles. The van der Waals surface area contributed by atoms with Crippen molar-refractivity contribution in [2.75, 3.05) is 6.61 Å². The third-order valence-electron chi connectivity index (χ3n) is 2.99. The van der Waals surface area contributed by atoms with Crippen molar-refractivity contribution in [3.8, 4) is 5.75 Å². The first-order chi connectivity index (χ1) is 8.65. The zero-order valence-electron chi connectivity index (χ0n) is 9.83. The third kappa shape index (κ3) is 1.81. The minimum Gasteiger partial charge on any atom is -0.492 e. The molecule has 0 N–H and O–H groups in total. The van der Waals surface area contributed by atoms with E-state index in [2.05, 4.69) is 0 Å². The number of carbonyl (C=O) groups excluding carboxylic acids is 1. The second-order valence-corrected chi connectivity index (χ2v) is 4.75. The van der Waals surface area contributed by atoms with Crippen LogP contribution in [-0.2, 0) is 6.42 Å². The van der Waals surface area contributed by atoms with E-state index in [1.807, 2.05) is 6.07 Å². The van der Waals surface area contributed by atoms with Crippen LogP contribution < -0.4 is 4.74 Å². The van der Waals surface area contributed by atoms with Crippen molar-refractivity contribution in [1.82, 2.24) is 0 Å². The Labute approximate surface area is 109 Å². The SMILES string of the molecule is Cc1cc(C(=O)c2cc(Cl)cc3c2OCC3)co1. The number of fused-ring (bicyclic) bond motifs is 1. The number of carbonyl (C=O) groups is 1. The molecule has 1 aliphatic heterocycles. The molecule has 0 saturated heterocycles. The number of halogens is 1. The molecule has 0 unspecified atom stereocenters. The van der Waals surface area contributed by atoms with Crippen LogP contribution in [0, 0.1) is 6.92 Å². The second kappa shape index (κ2) is 4.18. The molecule has 1 aliphatic rings. The summed E-state index contributed by atoms with van der Waals surface area (Å²) in [5.41, 5.74) is 2.02. The Morgan fingerprint density at radius 1 is 1.33 bits per heavy atom. The van der Waals surface area contributed by atoms with Crippen LogP contribution in [0.4, 0.5) is 0 Å². The third-order valence-corrected chi connectivity index (χ3v) is 3.20. The molecule has 0 spiro atoms. The minimum atomic E-state index is -0.118. The van der Waals surface area contributed by atoms with Crippen molar-refractivity contribution in [1.29, 1.82) is 0 Å². The van der Waals surface area contributed by atoms with Gasteiger partial charge in [-0.15, -0.1) is 0 Å². The number of ether oxygens (including phenoxy) is 1. The highest BCUT2D eigenvalue weighted by Gasteiger charge is 2.23. The van der Waals surface area contributed by atoms with Crippen LogP contribution in [0.1, 0.15) is 27.2 Å². The van der Waals surface area contributed by atoms with E-state index in [1.54, 1.807) is 19.1 Å². The van der Waals surface area contributed by atoms with Gasteiger partial charge in [0, 0.05) is 11.4 Å². The zero-order valence-corrected chi connectivity index (χ0v) is 10.6. The molecule has 2 aromatic rings. The highest BCUT2D eigenvalue weighted by molar-refractivity contribution is 6.31. The van der Waals surface area contributed by atoms with Crippen molar-refractivity contribution in [3.05, 3.63) is 51.9 Å². The monoisotopic (exact) mass is 262 g/mol. The molecule has 0 amide bonds. The number of hydrogen-bond acceptors (Lipinski definition) is 3. The van der Waals surface area contributed by atoms with Gasteiger partial charge in [0.25, 0.3) is 0 Å². The topological polar surface area (TPSA) is 39.4 Å².